The SMILES string of the molecule is CCCC(CC)(COCCOC(=O)CS)COCCOC(=O)CCS. The summed E-state index contributed by atoms with van der Waals surface area (Å²) in [5.74, 6) is -0.0530. The number of rotatable bonds is 16. The van der Waals surface area contributed by atoms with E-state index in [0.717, 1.165) is 19.3 Å². The summed E-state index contributed by atoms with van der Waals surface area (Å²) in [6.07, 6.45) is 3.21. The van der Waals surface area contributed by atoms with E-state index in [1.165, 1.54) is 0 Å². The molecule has 0 aromatic heterocycles. The Bertz CT molecular complexity index is 367. The van der Waals surface area contributed by atoms with Gasteiger partial charge in [-0.1, -0.05) is 20.3 Å². The summed E-state index contributed by atoms with van der Waals surface area (Å²) in [5, 5.41) is 0. The summed E-state index contributed by atoms with van der Waals surface area (Å²) >= 11 is 7.83. The lowest BCUT2D eigenvalue weighted by molar-refractivity contribution is -0.145. The number of ether oxygens (including phenoxy) is 4. The van der Waals surface area contributed by atoms with Crippen LogP contribution < -0.4 is 0 Å². The topological polar surface area (TPSA) is 71.1 Å². The van der Waals surface area contributed by atoms with Crippen LogP contribution in [-0.4, -0.2) is 63.1 Å². The van der Waals surface area contributed by atoms with Gasteiger partial charge in [0.2, 0.25) is 0 Å². The van der Waals surface area contributed by atoms with Crippen molar-refractivity contribution in [2.45, 2.75) is 39.5 Å². The Balaban J connectivity index is 4.10. The fourth-order valence-corrected chi connectivity index (χ4v) is 2.59. The Morgan fingerprint density at radius 1 is 0.880 bits per heavy atom. The monoisotopic (exact) mass is 396 g/mol. The van der Waals surface area contributed by atoms with Crippen LogP contribution in [0.1, 0.15) is 39.5 Å². The van der Waals surface area contributed by atoms with Gasteiger partial charge in [-0.05, 0) is 12.8 Å². The molecule has 0 aliphatic heterocycles. The zero-order chi connectivity index (χ0) is 19.0. The fraction of sp³-hybridized carbons (Fsp3) is 0.882. The minimum atomic E-state index is -0.349. The molecule has 0 saturated carbocycles. The standard InChI is InChI=1S/C17H32O6S2/c1-3-6-17(4-2,14-21-8-10-23-16(19)12-25)13-20-7-9-22-15(18)5-11-24/h24-25H,3-14H2,1-2H3. The quantitative estimate of drug-likeness (QED) is 0.237. The molecule has 0 bridgehead atoms. The van der Waals surface area contributed by atoms with Gasteiger partial charge >= 0.3 is 11.9 Å². The highest BCUT2D eigenvalue weighted by Crippen LogP contribution is 2.29. The van der Waals surface area contributed by atoms with Crippen LogP contribution in [0.25, 0.3) is 0 Å². The number of hydrogen-bond donors (Lipinski definition) is 2. The molecule has 0 heterocycles. The lowest BCUT2D eigenvalue weighted by Crippen LogP contribution is -2.33. The zero-order valence-electron chi connectivity index (χ0n) is 15.3. The normalized spacial score (nSPS) is 13.3. The highest BCUT2D eigenvalue weighted by Gasteiger charge is 2.28. The Morgan fingerprint density at radius 2 is 1.44 bits per heavy atom. The first-order valence-corrected chi connectivity index (χ1v) is 9.98. The Kier molecular flexibility index (Phi) is 15.5. The third-order valence-corrected chi connectivity index (χ3v) is 4.26. The molecule has 0 radical (unpaired) electrons. The predicted octanol–water partition coefficient (Wildman–Crippen LogP) is 2.55. The van der Waals surface area contributed by atoms with Gasteiger partial charge in [-0.2, -0.15) is 25.3 Å². The third-order valence-electron chi connectivity index (χ3n) is 3.77. The van der Waals surface area contributed by atoms with Crippen molar-refractivity contribution in [2.24, 2.45) is 5.41 Å². The van der Waals surface area contributed by atoms with E-state index < -0.39 is 0 Å². The smallest absolute Gasteiger partial charge is 0.315 e. The Hall–Kier alpha value is -0.440. The highest BCUT2D eigenvalue weighted by molar-refractivity contribution is 7.81. The van der Waals surface area contributed by atoms with Gasteiger partial charge in [0, 0.05) is 11.2 Å². The van der Waals surface area contributed by atoms with Crippen molar-refractivity contribution in [3.63, 3.8) is 0 Å². The van der Waals surface area contributed by atoms with Crippen LogP contribution in [0.3, 0.4) is 0 Å². The van der Waals surface area contributed by atoms with Crippen molar-refractivity contribution in [3.05, 3.63) is 0 Å². The maximum absolute atomic E-state index is 11.2. The van der Waals surface area contributed by atoms with Crippen LogP contribution >= 0.6 is 25.3 Å². The first-order valence-electron chi connectivity index (χ1n) is 8.72. The molecule has 0 aromatic carbocycles. The molecule has 6 nitrogen and oxygen atoms in total. The van der Waals surface area contributed by atoms with Gasteiger partial charge in [-0.25, -0.2) is 0 Å². The minimum Gasteiger partial charge on any atom is -0.463 e. The molecule has 0 spiro atoms. The number of esters is 2. The van der Waals surface area contributed by atoms with E-state index in [1.54, 1.807) is 0 Å². The van der Waals surface area contributed by atoms with Crippen molar-refractivity contribution >= 4 is 37.2 Å². The zero-order valence-corrected chi connectivity index (χ0v) is 17.1. The summed E-state index contributed by atoms with van der Waals surface area (Å²) in [4.78, 5) is 22.3. The summed E-state index contributed by atoms with van der Waals surface area (Å²) < 4.78 is 21.4. The average Bonchev–Trinajstić information content (AvgIpc) is 2.60. The highest BCUT2D eigenvalue weighted by atomic mass is 32.1. The molecule has 0 aromatic rings. The molecule has 148 valence electrons. The van der Waals surface area contributed by atoms with Gasteiger partial charge in [-0.15, -0.1) is 0 Å². The molecular formula is C17H32O6S2. The van der Waals surface area contributed by atoms with Gasteiger partial charge in [0.05, 0.1) is 38.6 Å². The molecular weight excluding hydrogens is 364 g/mol. The van der Waals surface area contributed by atoms with E-state index in [2.05, 4.69) is 39.1 Å². The van der Waals surface area contributed by atoms with Crippen LogP contribution in [0.5, 0.6) is 0 Å². The summed E-state index contributed by atoms with van der Waals surface area (Å²) in [6, 6.07) is 0. The van der Waals surface area contributed by atoms with Gasteiger partial charge in [0.1, 0.15) is 13.2 Å². The first-order chi connectivity index (χ1) is 12.0. The molecule has 1 unspecified atom stereocenters. The largest absolute Gasteiger partial charge is 0.463 e. The van der Waals surface area contributed by atoms with E-state index in [0.29, 0.717) is 38.6 Å². The number of thiol groups is 2. The molecule has 0 N–H and O–H groups in total. The van der Waals surface area contributed by atoms with Gasteiger partial charge in [-0.3, -0.25) is 9.59 Å². The number of hydrogen-bond acceptors (Lipinski definition) is 8. The van der Waals surface area contributed by atoms with Crippen LogP contribution in [0, 0.1) is 5.41 Å². The first kappa shape index (κ1) is 24.6. The molecule has 1 atom stereocenters. The van der Waals surface area contributed by atoms with Gasteiger partial charge in [0.15, 0.2) is 0 Å². The summed E-state index contributed by atoms with van der Waals surface area (Å²) in [6.45, 7) is 6.50. The van der Waals surface area contributed by atoms with Gasteiger partial charge in [0.25, 0.3) is 0 Å². The fourth-order valence-electron chi connectivity index (χ4n) is 2.31. The maximum Gasteiger partial charge on any atom is 0.315 e. The number of carbonyl (C=O) groups excluding carboxylic acids is 2. The average molecular weight is 397 g/mol. The van der Waals surface area contributed by atoms with E-state index in [9.17, 15) is 9.59 Å². The maximum atomic E-state index is 11.2. The molecule has 0 rings (SSSR count). The van der Waals surface area contributed by atoms with Gasteiger partial charge < -0.3 is 18.9 Å². The van der Waals surface area contributed by atoms with E-state index in [4.69, 9.17) is 18.9 Å². The molecule has 0 aliphatic rings. The summed E-state index contributed by atoms with van der Waals surface area (Å²) in [5.41, 5.74) is -0.0859. The predicted molar refractivity (Wildman–Crippen MR) is 104 cm³/mol. The van der Waals surface area contributed by atoms with Crippen molar-refractivity contribution < 1.29 is 28.5 Å². The second-order valence-corrected chi connectivity index (χ2v) is 6.54. The van der Waals surface area contributed by atoms with E-state index >= 15 is 0 Å². The van der Waals surface area contributed by atoms with E-state index in [-0.39, 0.29) is 36.3 Å². The van der Waals surface area contributed by atoms with Crippen molar-refractivity contribution in [1.29, 1.82) is 0 Å². The molecule has 0 amide bonds. The summed E-state index contributed by atoms with van der Waals surface area (Å²) in [7, 11) is 0. The van der Waals surface area contributed by atoms with Crippen LogP contribution in [0.2, 0.25) is 0 Å². The minimum absolute atomic E-state index is 0.0706. The lowest BCUT2D eigenvalue weighted by Gasteiger charge is -2.32. The van der Waals surface area contributed by atoms with Crippen molar-refractivity contribution in [2.75, 3.05) is 51.1 Å². The Labute approximate surface area is 162 Å². The molecule has 0 saturated heterocycles. The third kappa shape index (κ3) is 12.5. The van der Waals surface area contributed by atoms with Crippen molar-refractivity contribution in [3.8, 4) is 0 Å². The second-order valence-electron chi connectivity index (χ2n) is 5.78. The molecule has 0 fully saturated rings. The number of carbonyl (C=O) groups is 2. The Morgan fingerprint density at radius 3 is 1.88 bits per heavy atom. The van der Waals surface area contributed by atoms with E-state index in [1.807, 2.05) is 0 Å². The van der Waals surface area contributed by atoms with Crippen LogP contribution in [0.15, 0.2) is 0 Å². The van der Waals surface area contributed by atoms with Crippen LogP contribution in [-0.2, 0) is 28.5 Å². The second kappa shape index (κ2) is 15.8. The van der Waals surface area contributed by atoms with Crippen LogP contribution in [0.4, 0.5) is 0 Å². The molecule has 25 heavy (non-hydrogen) atoms. The lowest BCUT2D eigenvalue weighted by atomic mass is 9.82. The molecule has 8 heteroatoms. The molecule has 0 aliphatic carbocycles. The van der Waals surface area contributed by atoms with Crippen molar-refractivity contribution in [1.82, 2.24) is 0 Å².